The summed E-state index contributed by atoms with van der Waals surface area (Å²) in [7, 11) is 0. The zero-order valence-electron chi connectivity index (χ0n) is 9.55. The highest BCUT2D eigenvalue weighted by Crippen LogP contribution is 2.29. The predicted molar refractivity (Wildman–Crippen MR) is 63.0 cm³/mol. The largest absolute Gasteiger partial charge is 0.330 e. The van der Waals surface area contributed by atoms with E-state index in [0.717, 1.165) is 12.8 Å². The van der Waals surface area contributed by atoms with E-state index in [0.29, 0.717) is 6.54 Å². The van der Waals surface area contributed by atoms with Gasteiger partial charge < -0.3 is 5.73 Å². The molecule has 14 heavy (non-hydrogen) atoms. The fourth-order valence-electron chi connectivity index (χ4n) is 1.44. The number of thiazole rings is 1. The summed E-state index contributed by atoms with van der Waals surface area (Å²) in [5.74, 6) is 0. The molecule has 0 aliphatic rings. The van der Waals surface area contributed by atoms with Crippen molar-refractivity contribution in [1.29, 1.82) is 0 Å². The van der Waals surface area contributed by atoms with Crippen molar-refractivity contribution in [2.45, 2.75) is 46.0 Å². The summed E-state index contributed by atoms with van der Waals surface area (Å²) in [6, 6.07) is 0. The van der Waals surface area contributed by atoms with Crippen molar-refractivity contribution in [3.8, 4) is 0 Å². The number of hydrogen-bond acceptors (Lipinski definition) is 3. The average Bonchev–Trinajstić information content (AvgIpc) is 2.48. The fraction of sp³-hybridized carbons (Fsp3) is 0.727. The summed E-state index contributed by atoms with van der Waals surface area (Å²) in [6.45, 7) is 9.50. The first-order chi connectivity index (χ1) is 6.49. The molecule has 1 heterocycles. The Morgan fingerprint density at radius 3 is 2.43 bits per heavy atom. The van der Waals surface area contributed by atoms with Gasteiger partial charge in [0.25, 0.3) is 0 Å². The third-order valence-corrected chi connectivity index (χ3v) is 3.39. The van der Waals surface area contributed by atoms with Crippen molar-refractivity contribution in [2.75, 3.05) is 6.54 Å². The molecular weight excluding hydrogens is 192 g/mol. The minimum Gasteiger partial charge on any atom is -0.330 e. The molecule has 0 atom stereocenters. The normalized spacial score (nSPS) is 12.1. The molecule has 0 spiro atoms. The van der Waals surface area contributed by atoms with Gasteiger partial charge in [0.15, 0.2) is 0 Å². The van der Waals surface area contributed by atoms with Crippen LogP contribution in [0.15, 0.2) is 0 Å². The molecule has 0 unspecified atom stereocenters. The van der Waals surface area contributed by atoms with Crippen LogP contribution in [0, 0.1) is 0 Å². The lowest BCUT2D eigenvalue weighted by atomic mass is 9.91. The van der Waals surface area contributed by atoms with Crippen LogP contribution < -0.4 is 5.73 Å². The van der Waals surface area contributed by atoms with Crippen LogP contribution in [0.5, 0.6) is 0 Å². The molecular formula is C11H20N2S. The van der Waals surface area contributed by atoms with Crippen molar-refractivity contribution in [2.24, 2.45) is 5.73 Å². The van der Waals surface area contributed by atoms with E-state index >= 15 is 0 Å². The maximum absolute atomic E-state index is 5.60. The van der Waals surface area contributed by atoms with Crippen LogP contribution in [0.1, 0.15) is 43.3 Å². The van der Waals surface area contributed by atoms with Crippen molar-refractivity contribution < 1.29 is 0 Å². The molecule has 0 radical (unpaired) electrons. The van der Waals surface area contributed by atoms with E-state index in [2.05, 4.69) is 32.7 Å². The van der Waals surface area contributed by atoms with Gasteiger partial charge in [-0.2, -0.15) is 0 Å². The van der Waals surface area contributed by atoms with Crippen LogP contribution in [0.4, 0.5) is 0 Å². The Hall–Kier alpha value is -0.410. The molecule has 1 aromatic heterocycles. The quantitative estimate of drug-likeness (QED) is 0.836. The van der Waals surface area contributed by atoms with E-state index < -0.39 is 0 Å². The van der Waals surface area contributed by atoms with Crippen LogP contribution in [0.25, 0.3) is 0 Å². The highest BCUT2D eigenvalue weighted by molar-refractivity contribution is 7.11. The number of nitrogens with zero attached hydrogens (tertiary/aromatic N) is 1. The van der Waals surface area contributed by atoms with E-state index in [1.165, 1.54) is 15.6 Å². The molecule has 0 amide bonds. The molecule has 2 nitrogen and oxygen atoms in total. The van der Waals surface area contributed by atoms with E-state index in [9.17, 15) is 0 Å². The van der Waals surface area contributed by atoms with E-state index in [4.69, 9.17) is 5.73 Å². The van der Waals surface area contributed by atoms with Crippen molar-refractivity contribution in [3.05, 3.63) is 15.6 Å². The third-order valence-electron chi connectivity index (χ3n) is 2.13. The Bertz CT molecular complexity index is 297. The monoisotopic (exact) mass is 212 g/mol. The number of rotatable bonds is 3. The van der Waals surface area contributed by atoms with Gasteiger partial charge in [-0.25, -0.2) is 4.98 Å². The summed E-state index contributed by atoms with van der Waals surface area (Å²) in [4.78, 5) is 6.05. The first-order valence-electron chi connectivity index (χ1n) is 5.18. The number of aryl methyl sites for hydroxylation is 1. The predicted octanol–water partition coefficient (Wildman–Crippen LogP) is 2.50. The van der Waals surface area contributed by atoms with Gasteiger partial charge in [0.1, 0.15) is 0 Å². The maximum atomic E-state index is 5.60. The molecule has 0 fully saturated rings. The lowest BCUT2D eigenvalue weighted by Gasteiger charge is -2.17. The minimum absolute atomic E-state index is 0.147. The van der Waals surface area contributed by atoms with Gasteiger partial charge >= 0.3 is 0 Å². The summed E-state index contributed by atoms with van der Waals surface area (Å²) >= 11 is 1.82. The zero-order chi connectivity index (χ0) is 10.8. The smallest absolute Gasteiger partial charge is 0.0928 e. The minimum atomic E-state index is 0.147. The first kappa shape index (κ1) is 11.7. The van der Waals surface area contributed by atoms with Gasteiger partial charge in [0.05, 0.1) is 10.7 Å². The molecule has 0 bridgehead atoms. The Labute approximate surface area is 90.6 Å². The van der Waals surface area contributed by atoms with Gasteiger partial charge in [-0.3, -0.25) is 0 Å². The lowest BCUT2D eigenvalue weighted by molar-refractivity contribution is 0.564. The van der Waals surface area contributed by atoms with Crippen LogP contribution in [0.2, 0.25) is 0 Å². The van der Waals surface area contributed by atoms with Gasteiger partial charge in [0, 0.05) is 10.3 Å². The fourth-order valence-corrected chi connectivity index (χ4v) is 2.67. The molecule has 1 rings (SSSR count). The number of nitrogens with two attached hydrogens (primary N) is 1. The standard InChI is InChI=1S/C11H20N2S/c1-5-9-13-10(11(2,3)4)8(14-9)6-7-12/h5-7,12H2,1-4H3. The highest BCUT2D eigenvalue weighted by Gasteiger charge is 2.22. The van der Waals surface area contributed by atoms with E-state index in [1.807, 2.05) is 11.3 Å². The topological polar surface area (TPSA) is 38.9 Å². The Balaban J connectivity index is 3.06. The second-order valence-electron chi connectivity index (χ2n) is 4.52. The highest BCUT2D eigenvalue weighted by atomic mass is 32.1. The van der Waals surface area contributed by atoms with Gasteiger partial charge in [-0.05, 0) is 19.4 Å². The Morgan fingerprint density at radius 1 is 1.36 bits per heavy atom. The second kappa shape index (κ2) is 4.41. The molecule has 2 N–H and O–H groups in total. The van der Waals surface area contributed by atoms with Crippen LogP contribution in [-0.2, 0) is 18.3 Å². The van der Waals surface area contributed by atoms with Crippen molar-refractivity contribution >= 4 is 11.3 Å². The maximum Gasteiger partial charge on any atom is 0.0928 e. The van der Waals surface area contributed by atoms with E-state index in [1.54, 1.807) is 0 Å². The number of hydrogen-bond donors (Lipinski definition) is 1. The number of aromatic nitrogens is 1. The molecule has 0 aliphatic carbocycles. The molecule has 80 valence electrons. The average molecular weight is 212 g/mol. The van der Waals surface area contributed by atoms with Crippen LogP contribution in [-0.4, -0.2) is 11.5 Å². The second-order valence-corrected chi connectivity index (χ2v) is 5.69. The molecule has 0 aromatic carbocycles. The van der Waals surface area contributed by atoms with Gasteiger partial charge in [-0.1, -0.05) is 27.7 Å². The van der Waals surface area contributed by atoms with Crippen molar-refractivity contribution in [1.82, 2.24) is 4.98 Å². The SMILES string of the molecule is CCc1nc(C(C)(C)C)c(CCN)s1. The van der Waals surface area contributed by atoms with Crippen molar-refractivity contribution in [3.63, 3.8) is 0 Å². The van der Waals surface area contributed by atoms with Crippen LogP contribution in [0.3, 0.4) is 0 Å². The zero-order valence-corrected chi connectivity index (χ0v) is 10.4. The lowest BCUT2D eigenvalue weighted by Crippen LogP contribution is -2.15. The van der Waals surface area contributed by atoms with Crippen LogP contribution >= 0.6 is 11.3 Å². The summed E-state index contributed by atoms with van der Waals surface area (Å²) < 4.78 is 0. The summed E-state index contributed by atoms with van der Waals surface area (Å²) in [5.41, 5.74) is 6.99. The third kappa shape index (κ3) is 2.55. The van der Waals surface area contributed by atoms with Gasteiger partial charge in [-0.15, -0.1) is 11.3 Å². The molecule has 0 saturated heterocycles. The summed E-state index contributed by atoms with van der Waals surface area (Å²) in [5, 5.41) is 1.23. The van der Waals surface area contributed by atoms with Gasteiger partial charge in [0.2, 0.25) is 0 Å². The van der Waals surface area contributed by atoms with E-state index in [-0.39, 0.29) is 5.41 Å². The Kier molecular flexibility index (Phi) is 3.67. The molecule has 3 heteroatoms. The molecule has 0 saturated carbocycles. The first-order valence-corrected chi connectivity index (χ1v) is 5.99. The Morgan fingerprint density at radius 2 is 2.00 bits per heavy atom. The molecule has 0 aliphatic heterocycles. The summed E-state index contributed by atoms with van der Waals surface area (Å²) in [6.07, 6.45) is 1.99. The molecule has 1 aromatic rings.